The maximum atomic E-state index is 9.32. The molecule has 0 aliphatic carbocycles. The Morgan fingerprint density at radius 1 is 1.58 bits per heavy atom. The summed E-state index contributed by atoms with van der Waals surface area (Å²) in [5.41, 5.74) is 10.4. The van der Waals surface area contributed by atoms with Crippen molar-refractivity contribution in [2.45, 2.75) is 13.0 Å². The van der Waals surface area contributed by atoms with Gasteiger partial charge in [-0.05, 0) is 18.7 Å². The van der Waals surface area contributed by atoms with E-state index >= 15 is 0 Å². The first-order valence-corrected chi connectivity index (χ1v) is 6.17. The maximum absolute atomic E-state index is 9.32. The van der Waals surface area contributed by atoms with Crippen molar-refractivity contribution >= 4 is 18.5 Å². The Balaban J connectivity index is 3.78. The van der Waals surface area contributed by atoms with Gasteiger partial charge in [-0.2, -0.15) is 0 Å². The van der Waals surface area contributed by atoms with Gasteiger partial charge < -0.3 is 25.4 Å². The van der Waals surface area contributed by atoms with Crippen LogP contribution in [0.15, 0.2) is 0 Å². The predicted octanol–water partition coefficient (Wildman–Crippen LogP) is -0.458. The monoisotopic (exact) mass is 214 g/mol. The van der Waals surface area contributed by atoms with Gasteiger partial charge in [0.15, 0.2) is 0 Å². The number of hydrogen-bond acceptors (Lipinski definition) is 5. The Morgan fingerprint density at radius 3 is 2.58 bits per heavy atom. The van der Waals surface area contributed by atoms with Crippen LogP contribution in [0.1, 0.15) is 6.92 Å². The molecule has 0 saturated carbocycles. The zero-order valence-corrected chi connectivity index (χ0v) is 8.68. The number of hydrogen-bond donors (Lipinski definition) is 3. The molecule has 0 fully saturated rings. The largest absolute Gasteiger partial charge is 0.328 e. The van der Waals surface area contributed by atoms with Crippen LogP contribution in [0, 0.1) is 0 Å². The van der Waals surface area contributed by atoms with E-state index in [0.717, 1.165) is 0 Å². The first-order chi connectivity index (χ1) is 5.52. The van der Waals surface area contributed by atoms with Gasteiger partial charge >= 0.3 is 6.72 Å². The van der Waals surface area contributed by atoms with Crippen LogP contribution in [0.25, 0.3) is 0 Å². The molecule has 0 aromatic carbocycles. The van der Waals surface area contributed by atoms with Crippen LogP contribution in [-0.4, -0.2) is 30.7 Å². The molecule has 0 saturated heterocycles. The molecule has 0 spiro atoms. The third-order valence-corrected chi connectivity index (χ3v) is 2.73. The lowest BCUT2D eigenvalue weighted by atomic mass is 10.4. The quantitative estimate of drug-likeness (QED) is 0.518. The average Bonchev–Trinajstić information content (AvgIpc) is 2.00. The van der Waals surface area contributed by atoms with Crippen LogP contribution in [0.4, 0.5) is 0 Å². The smallest absolute Gasteiger partial charge is 0.324 e. The molecule has 2 atom stereocenters. The van der Waals surface area contributed by atoms with Gasteiger partial charge in [0, 0.05) is 13.1 Å². The van der Waals surface area contributed by atoms with E-state index in [2.05, 4.69) is 11.8 Å². The van der Waals surface area contributed by atoms with Crippen molar-refractivity contribution < 1.29 is 13.9 Å². The van der Waals surface area contributed by atoms with Gasteiger partial charge in [0.2, 0.25) is 0 Å². The van der Waals surface area contributed by atoms with Gasteiger partial charge in [0.25, 0.3) is 0 Å². The zero-order valence-electron chi connectivity index (χ0n) is 6.97. The molecular weight excluding hydrogens is 199 g/mol. The van der Waals surface area contributed by atoms with Crippen LogP contribution < -0.4 is 11.5 Å². The van der Waals surface area contributed by atoms with E-state index in [4.69, 9.17) is 20.5 Å². The minimum absolute atomic E-state index is 0.199. The molecule has 0 aromatic heterocycles. The summed E-state index contributed by atoms with van der Waals surface area (Å²) >= 11 is 4.66. The van der Waals surface area contributed by atoms with Crippen LogP contribution in [0.2, 0.25) is 0 Å². The van der Waals surface area contributed by atoms with Gasteiger partial charge in [0.1, 0.15) is 0 Å². The fraction of sp³-hybridized carbons (Fsp3) is 1.00. The molecule has 7 heteroatoms. The van der Waals surface area contributed by atoms with E-state index < -0.39 is 6.72 Å². The average molecular weight is 214 g/mol. The molecule has 0 bridgehead atoms. The van der Waals surface area contributed by atoms with Crippen LogP contribution >= 0.6 is 6.72 Å². The molecule has 2 unspecified atom stereocenters. The van der Waals surface area contributed by atoms with Gasteiger partial charge in [-0.1, -0.05) is 0 Å². The van der Waals surface area contributed by atoms with E-state index in [1.165, 1.54) is 0 Å². The van der Waals surface area contributed by atoms with Crippen LogP contribution in [-0.2, 0) is 20.9 Å². The highest BCUT2D eigenvalue weighted by molar-refractivity contribution is 8.07. The molecule has 0 amide bonds. The van der Waals surface area contributed by atoms with Crippen molar-refractivity contribution in [2.24, 2.45) is 11.5 Å². The SMILES string of the molecule is CC(CN)OP(O)(=S)OCCN. The van der Waals surface area contributed by atoms with Crippen molar-refractivity contribution in [3.05, 3.63) is 0 Å². The van der Waals surface area contributed by atoms with E-state index in [-0.39, 0.29) is 12.7 Å². The Morgan fingerprint density at radius 2 is 2.17 bits per heavy atom. The second kappa shape index (κ2) is 5.99. The van der Waals surface area contributed by atoms with E-state index in [1.54, 1.807) is 6.92 Å². The summed E-state index contributed by atoms with van der Waals surface area (Å²) in [4.78, 5) is 9.32. The minimum atomic E-state index is -3.11. The Labute approximate surface area is 77.3 Å². The fourth-order valence-corrected chi connectivity index (χ4v) is 2.07. The summed E-state index contributed by atoms with van der Waals surface area (Å²) in [5, 5.41) is 0. The highest BCUT2D eigenvalue weighted by Gasteiger charge is 2.17. The van der Waals surface area contributed by atoms with Gasteiger partial charge in [-0.3, -0.25) is 0 Å². The Kier molecular flexibility index (Phi) is 6.21. The van der Waals surface area contributed by atoms with Gasteiger partial charge in [-0.15, -0.1) is 0 Å². The first kappa shape index (κ1) is 12.4. The molecule has 12 heavy (non-hydrogen) atoms. The summed E-state index contributed by atoms with van der Waals surface area (Å²) in [6, 6.07) is 0. The van der Waals surface area contributed by atoms with Crippen molar-refractivity contribution in [1.29, 1.82) is 0 Å². The van der Waals surface area contributed by atoms with Gasteiger partial charge in [-0.25, -0.2) is 0 Å². The topological polar surface area (TPSA) is 90.7 Å². The molecule has 5 nitrogen and oxygen atoms in total. The van der Waals surface area contributed by atoms with Crippen LogP contribution in [0.5, 0.6) is 0 Å². The molecule has 0 heterocycles. The molecule has 0 aromatic rings. The highest BCUT2D eigenvalue weighted by Crippen LogP contribution is 2.44. The van der Waals surface area contributed by atoms with Crippen molar-refractivity contribution in [2.75, 3.05) is 19.7 Å². The van der Waals surface area contributed by atoms with Crippen molar-refractivity contribution in [3.8, 4) is 0 Å². The second-order valence-corrected chi connectivity index (χ2v) is 5.03. The summed E-state index contributed by atoms with van der Waals surface area (Å²) in [7, 11) is 0. The number of nitrogens with two attached hydrogens (primary N) is 2. The van der Waals surface area contributed by atoms with Crippen molar-refractivity contribution in [1.82, 2.24) is 0 Å². The van der Waals surface area contributed by atoms with Crippen molar-refractivity contribution in [3.63, 3.8) is 0 Å². The molecular formula is C5H15N2O3PS. The summed E-state index contributed by atoms with van der Waals surface area (Å²) in [6.07, 6.45) is -0.293. The van der Waals surface area contributed by atoms with E-state index in [1.807, 2.05) is 0 Å². The van der Waals surface area contributed by atoms with Gasteiger partial charge in [0.05, 0.1) is 12.7 Å². The fourth-order valence-electron chi connectivity index (χ4n) is 0.469. The standard InChI is InChI=1S/C5H15N2O3PS/c1-5(4-7)10-11(8,12)9-3-2-6/h5H,2-4,6-7H2,1H3,(H,8,12). The van der Waals surface area contributed by atoms with E-state index in [0.29, 0.717) is 13.1 Å². The first-order valence-electron chi connectivity index (χ1n) is 3.57. The lowest BCUT2D eigenvalue weighted by Gasteiger charge is -2.18. The molecule has 5 N–H and O–H groups in total. The molecule has 0 aliphatic rings. The second-order valence-electron chi connectivity index (χ2n) is 2.24. The molecule has 74 valence electrons. The highest BCUT2D eigenvalue weighted by atomic mass is 32.5. The summed E-state index contributed by atoms with van der Waals surface area (Å²) in [6.45, 7) is -0.596. The van der Waals surface area contributed by atoms with E-state index in [9.17, 15) is 4.89 Å². The number of rotatable bonds is 6. The lowest BCUT2D eigenvalue weighted by molar-refractivity contribution is 0.158. The molecule has 0 rings (SSSR count). The Bertz CT molecular complexity index is 169. The van der Waals surface area contributed by atoms with Crippen LogP contribution in [0.3, 0.4) is 0 Å². The minimum Gasteiger partial charge on any atom is -0.328 e. The summed E-state index contributed by atoms with van der Waals surface area (Å²) < 4.78 is 9.80. The Hall–Kier alpha value is 0.450. The predicted molar refractivity (Wildman–Crippen MR) is 51.1 cm³/mol. The molecule has 0 aliphatic heterocycles. The third-order valence-electron chi connectivity index (χ3n) is 1.02. The normalized spacial score (nSPS) is 18.7. The summed E-state index contributed by atoms with van der Waals surface area (Å²) in [5.74, 6) is 0. The zero-order chi connectivity index (χ0) is 9.61. The molecule has 0 radical (unpaired) electrons. The lowest BCUT2D eigenvalue weighted by Crippen LogP contribution is -2.19. The maximum Gasteiger partial charge on any atom is 0.324 e. The third kappa shape index (κ3) is 6.02.